The molecule has 0 spiro atoms. The Labute approximate surface area is 144 Å². The standard InChI is InChI=1S/C20H16N2OS/c1-21-20(23)17-8-4-7-16-18(12-22-19(16)17)24-15-10-9-13-5-2-3-6-14(13)11-15/h2-12,22H,1H3,(H,21,23). The summed E-state index contributed by atoms with van der Waals surface area (Å²) in [5.74, 6) is -0.0790. The quantitative estimate of drug-likeness (QED) is 0.564. The second-order valence-corrected chi connectivity index (χ2v) is 6.69. The van der Waals surface area contributed by atoms with Gasteiger partial charge in [-0.1, -0.05) is 54.2 Å². The smallest absolute Gasteiger partial charge is 0.253 e. The summed E-state index contributed by atoms with van der Waals surface area (Å²) in [4.78, 5) is 17.5. The molecule has 0 radical (unpaired) electrons. The summed E-state index contributed by atoms with van der Waals surface area (Å²) in [6.45, 7) is 0. The van der Waals surface area contributed by atoms with Crippen molar-refractivity contribution >= 4 is 39.3 Å². The van der Waals surface area contributed by atoms with Crippen LogP contribution < -0.4 is 5.32 Å². The second kappa shape index (κ2) is 6.06. The number of hydrogen-bond donors (Lipinski definition) is 2. The lowest BCUT2D eigenvalue weighted by atomic mass is 10.1. The van der Waals surface area contributed by atoms with Crippen LogP contribution in [0.2, 0.25) is 0 Å². The minimum Gasteiger partial charge on any atom is -0.359 e. The third-order valence-electron chi connectivity index (χ3n) is 4.10. The highest BCUT2D eigenvalue weighted by Gasteiger charge is 2.13. The number of aromatic amines is 1. The van der Waals surface area contributed by atoms with E-state index in [-0.39, 0.29) is 5.91 Å². The minimum absolute atomic E-state index is 0.0790. The van der Waals surface area contributed by atoms with Crippen LogP contribution in [-0.2, 0) is 0 Å². The largest absolute Gasteiger partial charge is 0.359 e. The maximum absolute atomic E-state index is 12.0. The van der Waals surface area contributed by atoms with Crippen molar-refractivity contribution in [3.63, 3.8) is 0 Å². The van der Waals surface area contributed by atoms with Crippen LogP contribution in [-0.4, -0.2) is 17.9 Å². The Bertz CT molecular complexity index is 1050. The number of fused-ring (bicyclic) bond motifs is 2. The van der Waals surface area contributed by atoms with Gasteiger partial charge in [-0.3, -0.25) is 4.79 Å². The maximum Gasteiger partial charge on any atom is 0.253 e. The molecule has 0 fully saturated rings. The van der Waals surface area contributed by atoms with Crippen molar-refractivity contribution in [3.8, 4) is 0 Å². The molecule has 3 nitrogen and oxygen atoms in total. The molecule has 0 unspecified atom stereocenters. The van der Waals surface area contributed by atoms with Crippen LogP contribution >= 0.6 is 11.8 Å². The Kier molecular flexibility index (Phi) is 3.75. The average Bonchev–Trinajstić information content (AvgIpc) is 3.04. The molecule has 0 saturated carbocycles. The lowest BCUT2D eigenvalue weighted by Crippen LogP contribution is -2.17. The average molecular weight is 332 g/mol. The van der Waals surface area contributed by atoms with E-state index in [0.717, 1.165) is 15.8 Å². The van der Waals surface area contributed by atoms with Gasteiger partial charge in [-0.25, -0.2) is 0 Å². The van der Waals surface area contributed by atoms with Gasteiger partial charge in [0.25, 0.3) is 5.91 Å². The van der Waals surface area contributed by atoms with Gasteiger partial charge in [0.2, 0.25) is 0 Å². The number of hydrogen-bond acceptors (Lipinski definition) is 2. The zero-order chi connectivity index (χ0) is 16.5. The molecule has 24 heavy (non-hydrogen) atoms. The Hall–Kier alpha value is -2.72. The monoisotopic (exact) mass is 332 g/mol. The fourth-order valence-corrected chi connectivity index (χ4v) is 3.87. The third kappa shape index (κ3) is 2.55. The number of benzene rings is 3. The lowest BCUT2D eigenvalue weighted by molar-refractivity contribution is 0.0964. The van der Waals surface area contributed by atoms with E-state index in [9.17, 15) is 4.79 Å². The van der Waals surface area contributed by atoms with Crippen molar-refractivity contribution in [2.45, 2.75) is 9.79 Å². The molecule has 0 atom stereocenters. The summed E-state index contributed by atoms with van der Waals surface area (Å²) in [6.07, 6.45) is 1.97. The van der Waals surface area contributed by atoms with Crippen molar-refractivity contribution < 1.29 is 4.79 Å². The highest BCUT2D eigenvalue weighted by Crippen LogP contribution is 2.35. The molecule has 0 aliphatic carbocycles. The predicted molar refractivity (Wildman–Crippen MR) is 99.8 cm³/mol. The summed E-state index contributed by atoms with van der Waals surface area (Å²) in [5.41, 5.74) is 1.54. The predicted octanol–water partition coefficient (Wildman–Crippen LogP) is 4.83. The van der Waals surface area contributed by atoms with E-state index in [1.165, 1.54) is 15.7 Å². The number of carbonyl (C=O) groups excluding carboxylic acids is 1. The van der Waals surface area contributed by atoms with Crippen LogP contribution in [0.4, 0.5) is 0 Å². The van der Waals surface area contributed by atoms with Gasteiger partial charge in [0.15, 0.2) is 0 Å². The summed E-state index contributed by atoms with van der Waals surface area (Å²) < 4.78 is 0. The number of rotatable bonds is 3. The maximum atomic E-state index is 12.0. The molecule has 0 saturated heterocycles. The summed E-state index contributed by atoms with van der Waals surface area (Å²) in [7, 11) is 1.65. The van der Waals surface area contributed by atoms with Gasteiger partial charge in [-0.05, 0) is 29.0 Å². The molecule has 2 N–H and O–H groups in total. The number of carbonyl (C=O) groups is 1. The lowest BCUT2D eigenvalue weighted by Gasteiger charge is -2.04. The third-order valence-corrected chi connectivity index (χ3v) is 5.15. The molecule has 4 rings (SSSR count). The number of H-pyrrole nitrogens is 1. The Balaban J connectivity index is 1.75. The van der Waals surface area contributed by atoms with E-state index in [1.807, 2.05) is 24.4 Å². The molecule has 0 aliphatic rings. The van der Waals surface area contributed by atoms with Crippen molar-refractivity contribution in [2.24, 2.45) is 0 Å². The van der Waals surface area contributed by atoms with E-state index < -0.39 is 0 Å². The first-order chi connectivity index (χ1) is 11.8. The van der Waals surface area contributed by atoms with E-state index in [1.54, 1.807) is 18.8 Å². The molecule has 3 aromatic carbocycles. The Morgan fingerprint density at radius 2 is 1.83 bits per heavy atom. The van der Waals surface area contributed by atoms with Gasteiger partial charge in [0, 0.05) is 28.4 Å². The van der Waals surface area contributed by atoms with Crippen molar-refractivity contribution in [1.29, 1.82) is 0 Å². The van der Waals surface area contributed by atoms with Crippen LogP contribution in [0.5, 0.6) is 0 Å². The van der Waals surface area contributed by atoms with Crippen LogP contribution in [0.15, 0.2) is 76.7 Å². The van der Waals surface area contributed by atoms with E-state index >= 15 is 0 Å². The first-order valence-corrected chi connectivity index (χ1v) is 8.57. The topological polar surface area (TPSA) is 44.9 Å². The number of nitrogens with one attached hydrogen (secondary N) is 2. The van der Waals surface area contributed by atoms with Crippen LogP contribution in [0, 0.1) is 0 Å². The highest BCUT2D eigenvalue weighted by atomic mass is 32.2. The highest BCUT2D eigenvalue weighted by molar-refractivity contribution is 7.99. The first kappa shape index (κ1) is 14.8. The van der Waals surface area contributed by atoms with Gasteiger partial charge in [-0.2, -0.15) is 0 Å². The van der Waals surface area contributed by atoms with Crippen molar-refractivity contribution in [3.05, 3.63) is 72.4 Å². The van der Waals surface area contributed by atoms with Gasteiger partial charge in [-0.15, -0.1) is 0 Å². The van der Waals surface area contributed by atoms with Crippen LogP contribution in [0.1, 0.15) is 10.4 Å². The molecule has 0 bridgehead atoms. The summed E-state index contributed by atoms with van der Waals surface area (Å²) in [6, 6.07) is 20.6. The number of aromatic nitrogens is 1. The molecule has 1 aromatic heterocycles. The second-order valence-electron chi connectivity index (χ2n) is 5.57. The summed E-state index contributed by atoms with van der Waals surface area (Å²) >= 11 is 1.70. The molecular weight excluding hydrogens is 316 g/mol. The minimum atomic E-state index is -0.0790. The van der Waals surface area contributed by atoms with Crippen LogP contribution in [0.25, 0.3) is 21.7 Å². The molecule has 118 valence electrons. The fraction of sp³-hybridized carbons (Fsp3) is 0.0500. The SMILES string of the molecule is CNC(=O)c1cccc2c(Sc3ccc4ccccc4c3)c[nH]c12. The van der Waals surface area contributed by atoms with E-state index in [0.29, 0.717) is 5.56 Å². The first-order valence-electron chi connectivity index (χ1n) is 7.75. The van der Waals surface area contributed by atoms with Crippen molar-refractivity contribution in [2.75, 3.05) is 7.05 Å². The van der Waals surface area contributed by atoms with Gasteiger partial charge in [0.1, 0.15) is 0 Å². The van der Waals surface area contributed by atoms with Gasteiger partial charge in [0.05, 0.1) is 11.1 Å². The number of amides is 1. The Morgan fingerprint density at radius 1 is 1.00 bits per heavy atom. The normalized spacial score (nSPS) is 11.0. The zero-order valence-electron chi connectivity index (χ0n) is 13.2. The molecule has 0 aliphatic heterocycles. The molecule has 4 heteroatoms. The fourth-order valence-electron chi connectivity index (χ4n) is 2.89. The van der Waals surface area contributed by atoms with Gasteiger partial charge < -0.3 is 10.3 Å². The molecule has 1 amide bonds. The van der Waals surface area contributed by atoms with Crippen molar-refractivity contribution in [1.82, 2.24) is 10.3 Å². The van der Waals surface area contributed by atoms with Crippen LogP contribution in [0.3, 0.4) is 0 Å². The van der Waals surface area contributed by atoms with E-state index in [4.69, 9.17) is 0 Å². The zero-order valence-corrected chi connectivity index (χ0v) is 14.0. The summed E-state index contributed by atoms with van der Waals surface area (Å²) in [5, 5.41) is 6.22. The molecule has 1 heterocycles. The van der Waals surface area contributed by atoms with E-state index in [2.05, 4.69) is 52.8 Å². The van der Waals surface area contributed by atoms with Gasteiger partial charge >= 0.3 is 0 Å². The Morgan fingerprint density at radius 3 is 2.67 bits per heavy atom. The number of para-hydroxylation sites is 1. The molecular formula is C20H16N2OS. The molecule has 4 aromatic rings.